The van der Waals surface area contributed by atoms with Crippen LogP contribution in [0.3, 0.4) is 0 Å². The van der Waals surface area contributed by atoms with Gasteiger partial charge in [0.05, 0.1) is 17.6 Å². The van der Waals surface area contributed by atoms with Gasteiger partial charge in [0.15, 0.2) is 0 Å². The summed E-state index contributed by atoms with van der Waals surface area (Å²) in [7, 11) is 3.74. The van der Waals surface area contributed by atoms with Crippen LogP contribution in [0.5, 0.6) is 0 Å². The minimum atomic E-state index is -0.648. The molecule has 2 N–H and O–H groups in total. The molecule has 0 saturated carbocycles. The molecule has 5 nitrogen and oxygen atoms in total. The molecule has 0 aliphatic heterocycles. The number of primary amides is 1. The number of rotatable bonds is 5. The summed E-state index contributed by atoms with van der Waals surface area (Å²) in [5, 5.41) is 0. The van der Waals surface area contributed by atoms with Crippen LogP contribution in [0.4, 0.5) is 4.39 Å². The molecule has 1 aromatic heterocycles. The zero-order valence-corrected chi connectivity index (χ0v) is 13.6. The molecule has 0 unspecified atom stereocenters. The van der Waals surface area contributed by atoms with Gasteiger partial charge in [0.25, 0.3) is 0 Å². The number of amides is 1. The van der Waals surface area contributed by atoms with Crippen molar-refractivity contribution in [2.24, 2.45) is 12.8 Å². The Bertz CT molecular complexity index is 872. The van der Waals surface area contributed by atoms with Crippen LogP contribution in [-0.2, 0) is 18.4 Å². The van der Waals surface area contributed by atoms with E-state index in [-0.39, 0.29) is 5.82 Å². The van der Waals surface area contributed by atoms with E-state index in [1.54, 1.807) is 19.2 Å². The second-order valence-corrected chi connectivity index (χ2v) is 5.85. The maximum atomic E-state index is 13.1. The average Bonchev–Trinajstić information content (AvgIpc) is 2.86. The van der Waals surface area contributed by atoms with E-state index in [2.05, 4.69) is 4.98 Å². The zero-order chi connectivity index (χ0) is 17.3. The highest BCUT2D eigenvalue weighted by atomic mass is 19.1. The fourth-order valence-corrected chi connectivity index (χ4v) is 2.93. The number of hydrogen-bond acceptors (Lipinski definition) is 3. The number of carbonyl (C=O) groups excluding carboxylic acids is 1. The summed E-state index contributed by atoms with van der Waals surface area (Å²) in [5.41, 5.74) is 8.16. The van der Waals surface area contributed by atoms with E-state index in [1.165, 1.54) is 12.1 Å². The van der Waals surface area contributed by atoms with Crippen LogP contribution in [0.1, 0.15) is 17.4 Å². The van der Waals surface area contributed by atoms with Gasteiger partial charge < -0.3 is 10.3 Å². The van der Waals surface area contributed by atoms with E-state index >= 15 is 0 Å². The summed E-state index contributed by atoms with van der Waals surface area (Å²) >= 11 is 0. The number of hydrogen-bond donors (Lipinski definition) is 1. The smallest absolute Gasteiger partial charge is 0.239 e. The number of aryl methyl sites for hydroxylation is 1. The largest absolute Gasteiger partial charge is 0.368 e. The second kappa shape index (κ2) is 6.41. The first kappa shape index (κ1) is 16.1. The number of halogens is 1. The van der Waals surface area contributed by atoms with Crippen LogP contribution < -0.4 is 5.73 Å². The van der Waals surface area contributed by atoms with Gasteiger partial charge in [0, 0.05) is 7.05 Å². The maximum absolute atomic E-state index is 13.1. The van der Waals surface area contributed by atoms with Crippen LogP contribution in [0.25, 0.3) is 11.0 Å². The lowest BCUT2D eigenvalue weighted by Crippen LogP contribution is -2.35. The number of nitrogens with zero attached hydrogens (tertiary/aromatic N) is 3. The monoisotopic (exact) mass is 326 g/mol. The Kier molecular flexibility index (Phi) is 4.31. The molecule has 124 valence electrons. The zero-order valence-electron chi connectivity index (χ0n) is 13.6. The van der Waals surface area contributed by atoms with Crippen molar-refractivity contribution in [3.63, 3.8) is 0 Å². The van der Waals surface area contributed by atoms with Crippen molar-refractivity contribution in [1.29, 1.82) is 0 Å². The first-order valence-corrected chi connectivity index (χ1v) is 7.62. The number of likely N-dealkylation sites (N-methyl/N-ethyl adjacent to an activating group) is 1. The van der Waals surface area contributed by atoms with E-state index < -0.39 is 11.9 Å². The van der Waals surface area contributed by atoms with Crippen LogP contribution >= 0.6 is 0 Å². The molecule has 0 aliphatic carbocycles. The lowest BCUT2D eigenvalue weighted by molar-refractivity contribution is -0.123. The number of imidazole rings is 1. The van der Waals surface area contributed by atoms with Gasteiger partial charge in [-0.2, -0.15) is 0 Å². The standard InChI is InChI=1S/C18H19FN4O/c1-22(17(18(20)24)12-7-9-13(19)10-8-12)11-16-21-14-5-3-4-6-15(14)23(16)2/h3-10,17H,11H2,1-2H3,(H2,20,24)/t17-/m1/s1. The van der Waals surface area contributed by atoms with Crippen LogP contribution in [0.15, 0.2) is 48.5 Å². The van der Waals surface area contributed by atoms with Gasteiger partial charge in [-0.15, -0.1) is 0 Å². The Labute approximate surface area is 139 Å². The second-order valence-electron chi connectivity index (χ2n) is 5.85. The first-order valence-electron chi connectivity index (χ1n) is 7.62. The molecule has 0 bridgehead atoms. The molecule has 2 aromatic carbocycles. The highest BCUT2D eigenvalue weighted by Gasteiger charge is 2.24. The minimum absolute atomic E-state index is 0.347. The van der Waals surface area contributed by atoms with Crippen molar-refractivity contribution in [3.05, 3.63) is 65.7 Å². The summed E-state index contributed by atoms with van der Waals surface area (Å²) in [6.07, 6.45) is 0. The minimum Gasteiger partial charge on any atom is -0.368 e. The van der Waals surface area contributed by atoms with E-state index in [0.717, 1.165) is 16.9 Å². The Morgan fingerprint density at radius 2 is 1.92 bits per heavy atom. The van der Waals surface area contributed by atoms with Crippen LogP contribution in [-0.4, -0.2) is 27.4 Å². The van der Waals surface area contributed by atoms with Gasteiger partial charge in [0.1, 0.15) is 17.7 Å². The molecule has 1 amide bonds. The summed E-state index contributed by atoms with van der Waals surface area (Å²) in [6.45, 7) is 0.441. The fourth-order valence-electron chi connectivity index (χ4n) is 2.93. The van der Waals surface area contributed by atoms with Crippen molar-refractivity contribution >= 4 is 16.9 Å². The van der Waals surface area contributed by atoms with Crippen LogP contribution in [0.2, 0.25) is 0 Å². The molecule has 0 radical (unpaired) electrons. The molecule has 3 aromatic rings. The number of benzene rings is 2. The summed E-state index contributed by atoms with van der Waals surface area (Å²) in [5.74, 6) is -0.00471. The molecule has 6 heteroatoms. The van der Waals surface area contributed by atoms with Gasteiger partial charge >= 0.3 is 0 Å². The third-order valence-electron chi connectivity index (χ3n) is 4.17. The predicted octanol–water partition coefficient (Wildman–Crippen LogP) is 2.37. The number of nitrogens with two attached hydrogens (primary N) is 1. The van der Waals surface area contributed by atoms with Crippen molar-refractivity contribution < 1.29 is 9.18 Å². The van der Waals surface area contributed by atoms with Gasteiger partial charge in [0.2, 0.25) is 5.91 Å². The lowest BCUT2D eigenvalue weighted by atomic mass is 10.1. The van der Waals surface area contributed by atoms with E-state index in [1.807, 2.05) is 40.8 Å². The average molecular weight is 326 g/mol. The van der Waals surface area contributed by atoms with Gasteiger partial charge in [-0.3, -0.25) is 9.69 Å². The summed E-state index contributed by atoms with van der Waals surface area (Å²) < 4.78 is 15.1. The Morgan fingerprint density at radius 1 is 1.25 bits per heavy atom. The highest BCUT2D eigenvalue weighted by Crippen LogP contribution is 2.22. The van der Waals surface area contributed by atoms with E-state index in [0.29, 0.717) is 12.1 Å². The summed E-state index contributed by atoms with van der Waals surface area (Å²) in [6, 6.07) is 13.0. The normalized spacial score (nSPS) is 12.7. The van der Waals surface area contributed by atoms with Crippen molar-refractivity contribution in [1.82, 2.24) is 14.5 Å². The van der Waals surface area contributed by atoms with Gasteiger partial charge in [-0.05, 0) is 36.9 Å². The molecule has 1 atom stereocenters. The molecule has 0 fully saturated rings. The maximum Gasteiger partial charge on any atom is 0.239 e. The highest BCUT2D eigenvalue weighted by molar-refractivity contribution is 5.81. The molecular weight excluding hydrogens is 307 g/mol. The van der Waals surface area contributed by atoms with Crippen molar-refractivity contribution in [3.8, 4) is 0 Å². The molecule has 24 heavy (non-hydrogen) atoms. The quantitative estimate of drug-likeness (QED) is 0.783. The Morgan fingerprint density at radius 3 is 2.54 bits per heavy atom. The number of aromatic nitrogens is 2. The lowest BCUT2D eigenvalue weighted by Gasteiger charge is -2.25. The third kappa shape index (κ3) is 3.00. The fraction of sp³-hybridized carbons (Fsp3) is 0.222. The molecular formula is C18H19FN4O. The molecule has 0 aliphatic rings. The van der Waals surface area contributed by atoms with E-state index in [9.17, 15) is 9.18 Å². The Hall–Kier alpha value is -2.73. The number of fused-ring (bicyclic) bond motifs is 1. The number of para-hydroxylation sites is 2. The molecule has 0 spiro atoms. The molecule has 3 rings (SSSR count). The number of carbonyl (C=O) groups is 1. The molecule has 0 saturated heterocycles. The van der Waals surface area contributed by atoms with Gasteiger partial charge in [-0.25, -0.2) is 9.37 Å². The molecule has 1 heterocycles. The first-order chi connectivity index (χ1) is 11.5. The van der Waals surface area contributed by atoms with Gasteiger partial charge in [-0.1, -0.05) is 24.3 Å². The van der Waals surface area contributed by atoms with Crippen LogP contribution in [0, 0.1) is 5.82 Å². The van der Waals surface area contributed by atoms with Crippen molar-refractivity contribution in [2.75, 3.05) is 7.05 Å². The topological polar surface area (TPSA) is 64.2 Å². The van der Waals surface area contributed by atoms with Crippen molar-refractivity contribution in [2.45, 2.75) is 12.6 Å². The van der Waals surface area contributed by atoms with E-state index in [4.69, 9.17) is 5.73 Å². The third-order valence-corrected chi connectivity index (χ3v) is 4.17. The summed E-state index contributed by atoms with van der Waals surface area (Å²) in [4.78, 5) is 18.4. The Balaban J connectivity index is 1.90. The predicted molar refractivity (Wildman–Crippen MR) is 90.5 cm³/mol. The SMILES string of the molecule is CN(Cc1nc2ccccc2n1C)[C@@H](C(N)=O)c1ccc(F)cc1.